The molecule has 0 radical (unpaired) electrons. The molecule has 2 N–H and O–H groups in total. The Morgan fingerprint density at radius 1 is 0.800 bits per heavy atom. The Hall–Kier alpha value is -0.120. The van der Waals surface area contributed by atoms with Crippen molar-refractivity contribution in [1.29, 1.82) is 0 Å². The summed E-state index contributed by atoms with van der Waals surface area (Å²) in [5.74, 6) is 0.568. The zero-order valence-corrected chi connectivity index (χ0v) is 12.9. The maximum atomic E-state index is 6.23. The fraction of sp³-hybridized carbons (Fsp3) is 1.00. The van der Waals surface area contributed by atoms with Crippen LogP contribution in [0.3, 0.4) is 0 Å². The molecule has 2 saturated carbocycles. The van der Waals surface area contributed by atoms with Crippen molar-refractivity contribution in [1.82, 2.24) is 4.90 Å². The molecule has 2 unspecified atom stereocenters. The van der Waals surface area contributed by atoms with Gasteiger partial charge in [0.15, 0.2) is 0 Å². The normalized spacial score (nSPS) is 33.9. The van der Waals surface area contributed by atoms with Gasteiger partial charge in [-0.2, -0.15) is 0 Å². The number of hydrogen-bond donors (Lipinski definition) is 1. The molecule has 1 aliphatic heterocycles. The summed E-state index contributed by atoms with van der Waals surface area (Å²) in [5.41, 5.74) is 6.23. The molecule has 2 aliphatic carbocycles. The highest BCUT2D eigenvalue weighted by Gasteiger charge is 2.34. The molecule has 3 rings (SSSR count). The Morgan fingerprint density at radius 3 is 1.80 bits per heavy atom. The quantitative estimate of drug-likeness (QED) is 0.860. The maximum absolute atomic E-state index is 6.23. The highest BCUT2D eigenvalue weighted by Crippen LogP contribution is 2.31. The van der Waals surface area contributed by atoms with Gasteiger partial charge in [-0.15, -0.1) is 0 Å². The molecule has 0 bridgehead atoms. The van der Waals surface area contributed by atoms with Crippen LogP contribution in [0.4, 0.5) is 0 Å². The molecule has 0 aromatic heterocycles. The highest BCUT2D eigenvalue weighted by atomic mass is 16.5. The van der Waals surface area contributed by atoms with Gasteiger partial charge in [-0.25, -0.2) is 0 Å². The van der Waals surface area contributed by atoms with E-state index in [2.05, 4.69) is 4.90 Å². The van der Waals surface area contributed by atoms with E-state index in [-0.39, 0.29) is 6.04 Å². The maximum Gasteiger partial charge on any atom is 0.0621 e. The SMILES string of the molecule is NC1COCC1CN(C1CCCCC1)C1CCCCC1. The Morgan fingerprint density at radius 2 is 1.35 bits per heavy atom. The van der Waals surface area contributed by atoms with Crippen LogP contribution in [-0.2, 0) is 4.74 Å². The van der Waals surface area contributed by atoms with Crippen LogP contribution in [0.15, 0.2) is 0 Å². The van der Waals surface area contributed by atoms with Crippen molar-refractivity contribution in [2.45, 2.75) is 82.3 Å². The molecular weight excluding hydrogens is 248 g/mol. The lowest BCUT2D eigenvalue weighted by Crippen LogP contribution is -2.49. The van der Waals surface area contributed by atoms with Crippen molar-refractivity contribution in [2.75, 3.05) is 19.8 Å². The molecule has 3 aliphatic rings. The first-order valence-electron chi connectivity index (χ1n) is 8.93. The minimum absolute atomic E-state index is 0.268. The first-order chi connectivity index (χ1) is 9.84. The van der Waals surface area contributed by atoms with E-state index in [4.69, 9.17) is 10.5 Å². The van der Waals surface area contributed by atoms with E-state index < -0.39 is 0 Å². The molecule has 1 heterocycles. The zero-order valence-electron chi connectivity index (χ0n) is 12.9. The fourth-order valence-corrected chi connectivity index (χ4v) is 4.50. The fourth-order valence-electron chi connectivity index (χ4n) is 4.50. The Kier molecular flexibility index (Phi) is 5.36. The smallest absolute Gasteiger partial charge is 0.0621 e. The van der Waals surface area contributed by atoms with Crippen LogP contribution >= 0.6 is 0 Å². The lowest BCUT2D eigenvalue weighted by molar-refractivity contribution is 0.0593. The van der Waals surface area contributed by atoms with Crippen LogP contribution < -0.4 is 5.73 Å². The molecule has 20 heavy (non-hydrogen) atoms. The highest BCUT2D eigenvalue weighted by molar-refractivity contribution is 4.88. The van der Waals surface area contributed by atoms with Crippen molar-refractivity contribution in [3.05, 3.63) is 0 Å². The number of nitrogens with zero attached hydrogens (tertiary/aromatic N) is 1. The van der Waals surface area contributed by atoms with Crippen molar-refractivity contribution in [3.63, 3.8) is 0 Å². The summed E-state index contributed by atoms with van der Waals surface area (Å²) in [6.07, 6.45) is 14.3. The van der Waals surface area contributed by atoms with E-state index in [9.17, 15) is 0 Å². The van der Waals surface area contributed by atoms with Crippen LogP contribution in [0.5, 0.6) is 0 Å². The summed E-state index contributed by atoms with van der Waals surface area (Å²) in [6, 6.07) is 1.93. The van der Waals surface area contributed by atoms with Gasteiger partial charge in [-0.3, -0.25) is 4.90 Å². The van der Waals surface area contributed by atoms with E-state index in [1.54, 1.807) is 0 Å². The second kappa shape index (κ2) is 7.24. The van der Waals surface area contributed by atoms with Gasteiger partial charge in [-0.1, -0.05) is 38.5 Å². The number of hydrogen-bond acceptors (Lipinski definition) is 3. The number of nitrogens with two attached hydrogens (primary N) is 1. The predicted octanol–water partition coefficient (Wildman–Crippen LogP) is 2.93. The summed E-state index contributed by atoms with van der Waals surface area (Å²) in [7, 11) is 0. The molecule has 0 aromatic rings. The molecule has 3 nitrogen and oxygen atoms in total. The lowest BCUT2D eigenvalue weighted by atomic mass is 9.87. The van der Waals surface area contributed by atoms with E-state index >= 15 is 0 Å². The molecule has 2 atom stereocenters. The van der Waals surface area contributed by atoms with Crippen molar-refractivity contribution in [2.24, 2.45) is 11.7 Å². The minimum Gasteiger partial charge on any atom is -0.379 e. The Labute approximate surface area is 124 Å². The monoisotopic (exact) mass is 280 g/mol. The van der Waals surface area contributed by atoms with Crippen molar-refractivity contribution < 1.29 is 4.74 Å². The third kappa shape index (κ3) is 3.55. The van der Waals surface area contributed by atoms with Gasteiger partial charge in [0.05, 0.1) is 13.2 Å². The van der Waals surface area contributed by atoms with Gasteiger partial charge in [0, 0.05) is 30.6 Å². The van der Waals surface area contributed by atoms with E-state index in [0.29, 0.717) is 5.92 Å². The molecule has 0 spiro atoms. The largest absolute Gasteiger partial charge is 0.379 e. The van der Waals surface area contributed by atoms with E-state index in [0.717, 1.165) is 25.3 Å². The second-order valence-electron chi connectivity index (χ2n) is 7.24. The van der Waals surface area contributed by atoms with Crippen LogP contribution in [0.2, 0.25) is 0 Å². The third-order valence-corrected chi connectivity index (χ3v) is 5.78. The Balaban J connectivity index is 1.64. The summed E-state index contributed by atoms with van der Waals surface area (Å²) >= 11 is 0. The summed E-state index contributed by atoms with van der Waals surface area (Å²) in [5, 5.41) is 0. The van der Waals surface area contributed by atoms with E-state index in [1.165, 1.54) is 70.8 Å². The minimum atomic E-state index is 0.268. The zero-order chi connectivity index (χ0) is 13.8. The standard InChI is InChI=1S/C17H32N2O/c18-17-13-20-12-14(17)11-19(15-7-3-1-4-8-15)16-9-5-2-6-10-16/h14-17H,1-13,18H2. The molecule has 0 amide bonds. The Bertz CT molecular complexity index is 267. The first kappa shape index (κ1) is 14.8. The predicted molar refractivity (Wildman–Crippen MR) is 82.7 cm³/mol. The van der Waals surface area contributed by atoms with Gasteiger partial charge in [-0.05, 0) is 25.7 Å². The molecule has 1 saturated heterocycles. The first-order valence-corrected chi connectivity index (χ1v) is 8.93. The van der Waals surface area contributed by atoms with Gasteiger partial charge >= 0.3 is 0 Å². The van der Waals surface area contributed by atoms with Gasteiger partial charge in [0.2, 0.25) is 0 Å². The van der Waals surface area contributed by atoms with Gasteiger partial charge in [0.1, 0.15) is 0 Å². The number of rotatable bonds is 4. The van der Waals surface area contributed by atoms with Crippen molar-refractivity contribution >= 4 is 0 Å². The van der Waals surface area contributed by atoms with Crippen LogP contribution in [-0.4, -0.2) is 42.8 Å². The van der Waals surface area contributed by atoms with Crippen molar-refractivity contribution in [3.8, 4) is 0 Å². The molecule has 116 valence electrons. The second-order valence-corrected chi connectivity index (χ2v) is 7.24. The average molecular weight is 280 g/mol. The summed E-state index contributed by atoms with van der Waals surface area (Å²) in [4.78, 5) is 2.87. The van der Waals surface area contributed by atoms with Crippen LogP contribution in [0.25, 0.3) is 0 Å². The topological polar surface area (TPSA) is 38.5 Å². The molecule has 0 aromatic carbocycles. The molecule has 3 fully saturated rings. The average Bonchev–Trinajstić information content (AvgIpc) is 2.92. The van der Waals surface area contributed by atoms with E-state index in [1.807, 2.05) is 0 Å². The summed E-state index contributed by atoms with van der Waals surface area (Å²) in [6.45, 7) is 2.85. The lowest BCUT2D eigenvalue weighted by Gasteiger charge is -2.43. The van der Waals surface area contributed by atoms with Crippen LogP contribution in [0.1, 0.15) is 64.2 Å². The van der Waals surface area contributed by atoms with Gasteiger partial charge in [0.25, 0.3) is 0 Å². The number of ether oxygens (including phenoxy) is 1. The molecular formula is C17H32N2O. The third-order valence-electron chi connectivity index (χ3n) is 5.78. The van der Waals surface area contributed by atoms with Crippen LogP contribution in [0, 0.1) is 5.92 Å². The van der Waals surface area contributed by atoms with Gasteiger partial charge < -0.3 is 10.5 Å². The molecule has 3 heteroatoms. The summed E-state index contributed by atoms with van der Waals surface area (Å²) < 4.78 is 5.59.